The quantitative estimate of drug-likeness (QED) is 0.701. The summed E-state index contributed by atoms with van der Waals surface area (Å²) in [6.07, 6.45) is 3.32. The number of carbonyl (C=O) groups excluding carboxylic acids is 1. The lowest BCUT2D eigenvalue weighted by Crippen LogP contribution is -2.50. The highest BCUT2D eigenvalue weighted by Crippen LogP contribution is 2.06. The highest BCUT2D eigenvalue weighted by molar-refractivity contribution is 5.82. The van der Waals surface area contributed by atoms with Crippen LogP contribution in [0.4, 0.5) is 0 Å². The minimum Gasteiger partial charge on any atom is -0.351 e. The molecule has 1 fully saturated rings. The van der Waals surface area contributed by atoms with Crippen LogP contribution in [0.25, 0.3) is 0 Å². The lowest BCUT2D eigenvalue weighted by atomic mass is 10.0. The van der Waals surface area contributed by atoms with Crippen molar-refractivity contribution in [2.75, 3.05) is 27.2 Å². The van der Waals surface area contributed by atoms with Gasteiger partial charge in [-0.25, -0.2) is 0 Å². The molecule has 0 aliphatic carbocycles. The maximum absolute atomic E-state index is 11.8. The van der Waals surface area contributed by atoms with E-state index in [0.29, 0.717) is 0 Å². The lowest BCUT2D eigenvalue weighted by Gasteiger charge is -2.25. The number of amides is 1. The fourth-order valence-corrected chi connectivity index (χ4v) is 2.01. The molecule has 0 aromatic rings. The van der Waals surface area contributed by atoms with Crippen molar-refractivity contribution in [2.45, 2.75) is 38.3 Å². The number of rotatable bonds is 4. The molecule has 2 atom stereocenters. The predicted molar refractivity (Wildman–Crippen MR) is 61.8 cm³/mol. The molecule has 1 amide bonds. The van der Waals surface area contributed by atoms with E-state index in [1.807, 2.05) is 21.0 Å². The summed E-state index contributed by atoms with van der Waals surface area (Å²) in [6, 6.07) is 0.250. The molecule has 4 heteroatoms. The molecule has 1 aliphatic heterocycles. The van der Waals surface area contributed by atoms with Gasteiger partial charge in [0.15, 0.2) is 0 Å². The molecular weight excluding hydrogens is 190 g/mol. The number of carbonyl (C=O) groups is 1. The standard InChI is InChI=1S/C11H23N3O/c1-9(8-14(2)3)13-11(15)10-6-4-5-7-12-10/h9-10,12H,4-8H2,1-3H3,(H,13,15). The van der Waals surface area contributed by atoms with Gasteiger partial charge in [-0.15, -0.1) is 0 Å². The highest BCUT2D eigenvalue weighted by atomic mass is 16.2. The Hall–Kier alpha value is -0.610. The maximum atomic E-state index is 11.8. The Bertz CT molecular complexity index is 200. The van der Waals surface area contributed by atoms with Gasteiger partial charge in [-0.2, -0.15) is 0 Å². The SMILES string of the molecule is CC(CN(C)C)NC(=O)C1CCCCN1. The van der Waals surface area contributed by atoms with Gasteiger partial charge in [0.05, 0.1) is 6.04 Å². The summed E-state index contributed by atoms with van der Waals surface area (Å²) in [4.78, 5) is 13.9. The number of hydrogen-bond acceptors (Lipinski definition) is 3. The minimum atomic E-state index is 0.0309. The zero-order valence-corrected chi connectivity index (χ0v) is 10.0. The van der Waals surface area contributed by atoms with E-state index in [1.165, 1.54) is 6.42 Å². The Morgan fingerprint density at radius 3 is 2.80 bits per heavy atom. The molecule has 0 bridgehead atoms. The summed E-state index contributed by atoms with van der Waals surface area (Å²) in [7, 11) is 4.03. The van der Waals surface area contributed by atoms with E-state index < -0.39 is 0 Å². The topological polar surface area (TPSA) is 44.4 Å². The lowest BCUT2D eigenvalue weighted by molar-refractivity contribution is -0.124. The summed E-state index contributed by atoms with van der Waals surface area (Å²) in [5.41, 5.74) is 0. The molecular formula is C11H23N3O. The Balaban J connectivity index is 2.27. The normalized spacial score (nSPS) is 23.9. The van der Waals surface area contributed by atoms with E-state index in [-0.39, 0.29) is 18.0 Å². The van der Waals surface area contributed by atoms with Gasteiger partial charge in [-0.3, -0.25) is 4.79 Å². The highest BCUT2D eigenvalue weighted by Gasteiger charge is 2.21. The zero-order valence-electron chi connectivity index (χ0n) is 10.0. The van der Waals surface area contributed by atoms with Gasteiger partial charge < -0.3 is 15.5 Å². The fourth-order valence-electron chi connectivity index (χ4n) is 2.01. The maximum Gasteiger partial charge on any atom is 0.237 e. The molecule has 2 N–H and O–H groups in total. The van der Waals surface area contributed by atoms with Crippen LogP contribution >= 0.6 is 0 Å². The smallest absolute Gasteiger partial charge is 0.237 e. The summed E-state index contributed by atoms with van der Waals surface area (Å²) >= 11 is 0. The van der Waals surface area contributed by atoms with Gasteiger partial charge in [0.25, 0.3) is 0 Å². The van der Waals surface area contributed by atoms with Gasteiger partial charge in [-0.05, 0) is 40.4 Å². The first-order chi connectivity index (χ1) is 7.09. The van der Waals surface area contributed by atoms with E-state index >= 15 is 0 Å². The number of piperidine rings is 1. The Morgan fingerprint density at radius 2 is 2.27 bits per heavy atom. The first-order valence-electron chi connectivity index (χ1n) is 5.78. The van der Waals surface area contributed by atoms with Crippen molar-refractivity contribution in [3.05, 3.63) is 0 Å². The fraction of sp³-hybridized carbons (Fsp3) is 0.909. The van der Waals surface area contributed by atoms with Gasteiger partial charge in [0.2, 0.25) is 5.91 Å². The van der Waals surface area contributed by atoms with Crippen LogP contribution < -0.4 is 10.6 Å². The first-order valence-corrected chi connectivity index (χ1v) is 5.78. The van der Waals surface area contributed by atoms with E-state index in [2.05, 4.69) is 15.5 Å². The number of nitrogens with one attached hydrogen (secondary N) is 2. The van der Waals surface area contributed by atoms with Crippen LogP contribution in [0.15, 0.2) is 0 Å². The van der Waals surface area contributed by atoms with Crippen LogP contribution in [0.3, 0.4) is 0 Å². The van der Waals surface area contributed by atoms with Crippen LogP contribution in [-0.2, 0) is 4.79 Å². The van der Waals surface area contributed by atoms with Gasteiger partial charge in [0.1, 0.15) is 0 Å². The van der Waals surface area contributed by atoms with Crippen molar-refractivity contribution in [3.8, 4) is 0 Å². The first kappa shape index (κ1) is 12.5. The molecule has 0 radical (unpaired) electrons. The van der Waals surface area contributed by atoms with E-state index in [4.69, 9.17) is 0 Å². The largest absolute Gasteiger partial charge is 0.351 e. The summed E-state index contributed by atoms with van der Waals surface area (Å²) < 4.78 is 0. The van der Waals surface area contributed by atoms with E-state index in [9.17, 15) is 4.79 Å². The summed E-state index contributed by atoms with van der Waals surface area (Å²) in [6.45, 7) is 3.90. The van der Waals surface area contributed by atoms with Crippen LogP contribution in [-0.4, -0.2) is 50.1 Å². The molecule has 2 unspecified atom stereocenters. The molecule has 0 spiro atoms. The molecule has 1 rings (SSSR count). The monoisotopic (exact) mass is 213 g/mol. The zero-order chi connectivity index (χ0) is 11.3. The molecule has 4 nitrogen and oxygen atoms in total. The average molecular weight is 213 g/mol. The molecule has 0 aromatic carbocycles. The number of likely N-dealkylation sites (N-methyl/N-ethyl adjacent to an activating group) is 1. The Kier molecular flexibility index (Phi) is 5.05. The van der Waals surface area contributed by atoms with Crippen molar-refractivity contribution in [1.82, 2.24) is 15.5 Å². The second kappa shape index (κ2) is 6.08. The third-order valence-electron chi connectivity index (χ3n) is 2.65. The van der Waals surface area contributed by atoms with Crippen LogP contribution in [0, 0.1) is 0 Å². The second-order valence-electron chi connectivity index (χ2n) is 4.67. The number of hydrogen-bond donors (Lipinski definition) is 2. The van der Waals surface area contributed by atoms with Crippen LogP contribution in [0.1, 0.15) is 26.2 Å². The van der Waals surface area contributed by atoms with Crippen molar-refractivity contribution in [1.29, 1.82) is 0 Å². The van der Waals surface area contributed by atoms with Crippen LogP contribution in [0.2, 0.25) is 0 Å². The van der Waals surface area contributed by atoms with Gasteiger partial charge in [0, 0.05) is 12.6 Å². The Labute approximate surface area is 92.4 Å². The van der Waals surface area contributed by atoms with Crippen molar-refractivity contribution in [2.24, 2.45) is 0 Å². The minimum absolute atomic E-state index is 0.0309. The molecule has 1 heterocycles. The van der Waals surface area contributed by atoms with Crippen molar-refractivity contribution < 1.29 is 4.79 Å². The summed E-state index contributed by atoms with van der Waals surface area (Å²) in [5, 5.41) is 6.29. The second-order valence-corrected chi connectivity index (χ2v) is 4.67. The van der Waals surface area contributed by atoms with Crippen molar-refractivity contribution >= 4 is 5.91 Å². The van der Waals surface area contributed by atoms with Crippen LogP contribution in [0.5, 0.6) is 0 Å². The molecule has 15 heavy (non-hydrogen) atoms. The molecule has 88 valence electrons. The average Bonchev–Trinajstić information content (AvgIpc) is 2.17. The molecule has 1 aliphatic rings. The van der Waals surface area contributed by atoms with Crippen molar-refractivity contribution in [3.63, 3.8) is 0 Å². The number of nitrogens with zero attached hydrogens (tertiary/aromatic N) is 1. The predicted octanol–water partition coefficient (Wildman–Crippen LogP) is 0.195. The molecule has 0 aromatic heterocycles. The molecule has 1 saturated heterocycles. The van der Waals surface area contributed by atoms with Gasteiger partial charge in [-0.1, -0.05) is 6.42 Å². The third-order valence-corrected chi connectivity index (χ3v) is 2.65. The van der Waals surface area contributed by atoms with E-state index in [0.717, 1.165) is 25.9 Å². The van der Waals surface area contributed by atoms with E-state index in [1.54, 1.807) is 0 Å². The van der Waals surface area contributed by atoms with Gasteiger partial charge >= 0.3 is 0 Å². The summed E-state index contributed by atoms with van der Waals surface area (Å²) in [5.74, 6) is 0.157. The third kappa shape index (κ3) is 4.62. The Morgan fingerprint density at radius 1 is 1.53 bits per heavy atom. The molecule has 0 saturated carbocycles.